The summed E-state index contributed by atoms with van der Waals surface area (Å²) < 4.78 is 24.6. The second kappa shape index (κ2) is 10.9. The Hall–Kier alpha value is -3.33. The molecule has 0 aliphatic carbocycles. The number of esters is 1. The Morgan fingerprint density at radius 2 is 1.60 bits per heavy atom. The number of ether oxygens (including phenoxy) is 4. The number of azide groups is 1. The number of carbonyl (C=O) groups excluding carboxylic acids is 1. The first-order valence-corrected chi connectivity index (χ1v) is 12.1. The first-order chi connectivity index (χ1) is 17.2. The largest absolute Gasteiger partial charge is 0.455 e. The van der Waals surface area contributed by atoms with Crippen molar-refractivity contribution in [3.63, 3.8) is 0 Å². The lowest BCUT2D eigenvalue weighted by Crippen LogP contribution is -2.61. The maximum absolute atomic E-state index is 13.1. The summed E-state index contributed by atoms with van der Waals surface area (Å²) in [6, 6.07) is 27.0. The van der Waals surface area contributed by atoms with E-state index in [1.165, 1.54) is 11.8 Å². The van der Waals surface area contributed by atoms with Crippen LogP contribution in [0.2, 0.25) is 0 Å². The van der Waals surface area contributed by atoms with Crippen LogP contribution in [0.25, 0.3) is 10.4 Å². The van der Waals surface area contributed by atoms with E-state index >= 15 is 0 Å². The van der Waals surface area contributed by atoms with E-state index in [2.05, 4.69) is 10.0 Å². The van der Waals surface area contributed by atoms with Crippen LogP contribution >= 0.6 is 11.8 Å². The molecule has 35 heavy (non-hydrogen) atoms. The van der Waals surface area contributed by atoms with Crippen molar-refractivity contribution >= 4 is 17.7 Å². The summed E-state index contributed by atoms with van der Waals surface area (Å²) in [4.78, 5) is 17.0. The second-order valence-corrected chi connectivity index (χ2v) is 9.25. The number of fused-ring (bicyclic) bond motifs is 1. The van der Waals surface area contributed by atoms with Crippen LogP contribution in [0.5, 0.6) is 0 Å². The van der Waals surface area contributed by atoms with Gasteiger partial charge in [0.05, 0.1) is 12.2 Å². The Bertz CT molecular complexity index is 1180. The normalized spacial score (nSPS) is 27.8. The number of thioether (sulfide) groups is 1. The van der Waals surface area contributed by atoms with Gasteiger partial charge in [-0.2, -0.15) is 0 Å². The monoisotopic (exact) mass is 489 g/mol. The SMILES string of the molecule is [N-]=[N+]=N[C@H]1C(OC(=O)c2ccccc2)[C@H]2OC(c3ccccc3)OCC2O[C@@H]1Sc1ccccc1. The summed E-state index contributed by atoms with van der Waals surface area (Å²) in [6.45, 7) is 0.235. The van der Waals surface area contributed by atoms with Gasteiger partial charge in [-0.1, -0.05) is 83.6 Å². The van der Waals surface area contributed by atoms with Gasteiger partial charge in [-0.3, -0.25) is 0 Å². The number of benzene rings is 3. The third-order valence-corrected chi connectivity index (χ3v) is 6.98. The molecule has 8 nitrogen and oxygen atoms in total. The molecule has 0 aromatic heterocycles. The molecule has 2 heterocycles. The van der Waals surface area contributed by atoms with Crippen molar-refractivity contribution in [2.75, 3.05) is 6.61 Å². The molecule has 2 fully saturated rings. The third-order valence-electron chi connectivity index (χ3n) is 5.81. The van der Waals surface area contributed by atoms with Gasteiger partial charge in [0.2, 0.25) is 0 Å². The number of hydrogen-bond donors (Lipinski definition) is 0. The zero-order valence-electron chi connectivity index (χ0n) is 18.6. The van der Waals surface area contributed by atoms with Crippen LogP contribution in [0.1, 0.15) is 22.2 Å². The van der Waals surface area contributed by atoms with Crippen molar-refractivity contribution in [2.24, 2.45) is 5.11 Å². The molecule has 6 atom stereocenters. The minimum atomic E-state index is -0.881. The molecular weight excluding hydrogens is 466 g/mol. The van der Waals surface area contributed by atoms with Gasteiger partial charge >= 0.3 is 5.97 Å². The Labute approximate surface area is 206 Å². The van der Waals surface area contributed by atoms with E-state index in [4.69, 9.17) is 18.9 Å². The zero-order chi connectivity index (χ0) is 24.0. The lowest BCUT2D eigenvalue weighted by molar-refractivity contribution is -0.304. The molecule has 2 saturated heterocycles. The molecule has 0 bridgehead atoms. The summed E-state index contributed by atoms with van der Waals surface area (Å²) in [5, 5.41) is 4.01. The van der Waals surface area contributed by atoms with Gasteiger partial charge in [0, 0.05) is 15.4 Å². The Morgan fingerprint density at radius 3 is 2.29 bits per heavy atom. The highest BCUT2D eigenvalue weighted by Crippen LogP contribution is 2.41. The molecule has 178 valence electrons. The highest BCUT2D eigenvalue weighted by molar-refractivity contribution is 7.99. The average molecular weight is 490 g/mol. The minimum absolute atomic E-state index is 0.235. The standard InChI is InChI=1S/C26H23N3O5S/c27-29-28-21-23(33-24(30)17-10-4-1-5-11-17)22-20(32-26(21)35-19-14-8-3-9-15-19)16-31-25(34-22)18-12-6-2-7-13-18/h1-15,20-23,25-26H,16H2/t20?,21-,22-,23?,25?,26+/m0/s1. The second-order valence-electron chi connectivity index (χ2n) is 8.08. The quantitative estimate of drug-likeness (QED) is 0.195. The predicted molar refractivity (Wildman–Crippen MR) is 130 cm³/mol. The summed E-state index contributed by atoms with van der Waals surface area (Å²) in [6.07, 6.45) is -2.75. The highest BCUT2D eigenvalue weighted by atomic mass is 32.2. The number of hydrogen-bond acceptors (Lipinski definition) is 7. The van der Waals surface area contributed by atoms with E-state index in [1.54, 1.807) is 24.3 Å². The number of carbonyl (C=O) groups is 1. The van der Waals surface area contributed by atoms with Gasteiger partial charge in [-0.05, 0) is 29.8 Å². The van der Waals surface area contributed by atoms with Gasteiger partial charge < -0.3 is 18.9 Å². The lowest BCUT2D eigenvalue weighted by Gasteiger charge is -2.47. The van der Waals surface area contributed by atoms with Gasteiger partial charge in [0.15, 0.2) is 6.29 Å². The van der Waals surface area contributed by atoms with Crippen LogP contribution in [0.4, 0.5) is 0 Å². The fourth-order valence-electron chi connectivity index (χ4n) is 4.15. The molecule has 0 spiro atoms. The molecule has 5 rings (SSSR count). The fraction of sp³-hybridized carbons (Fsp3) is 0.269. The van der Waals surface area contributed by atoms with Crippen molar-refractivity contribution < 1.29 is 23.7 Å². The van der Waals surface area contributed by atoms with Crippen molar-refractivity contribution in [3.05, 3.63) is 113 Å². The van der Waals surface area contributed by atoms with Crippen LogP contribution < -0.4 is 0 Å². The summed E-state index contributed by atoms with van der Waals surface area (Å²) in [7, 11) is 0. The molecular formula is C26H23N3O5S. The Morgan fingerprint density at radius 1 is 0.943 bits per heavy atom. The first-order valence-electron chi connectivity index (χ1n) is 11.2. The zero-order valence-corrected chi connectivity index (χ0v) is 19.4. The average Bonchev–Trinajstić information content (AvgIpc) is 2.92. The molecule has 0 N–H and O–H groups in total. The summed E-state index contributed by atoms with van der Waals surface area (Å²) in [5.74, 6) is -0.524. The topological polar surface area (TPSA) is 103 Å². The first kappa shape index (κ1) is 23.4. The van der Waals surface area contributed by atoms with E-state index in [9.17, 15) is 10.3 Å². The number of nitrogens with zero attached hydrogens (tertiary/aromatic N) is 3. The molecule has 2 aliphatic rings. The van der Waals surface area contributed by atoms with E-state index in [0.29, 0.717) is 5.56 Å². The summed E-state index contributed by atoms with van der Waals surface area (Å²) in [5.41, 5.74) is 10.0. The Balaban J connectivity index is 1.46. The van der Waals surface area contributed by atoms with E-state index in [0.717, 1.165) is 10.5 Å². The lowest BCUT2D eigenvalue weighted by atomic mass is 9.97. The molecule has 3 aromatic rings. The van der Waals surface area contributed by atoms with Gasteiger partial charge in [-0.15, -0.1) is 0 Å². The molecule has 3 unspecified atom stereocenters. The van der Waals surface area contributed by atoms with Crippen LogP contribution in [-0.2, 0) is 18.9 Å². The van der Waals surface area contributed by atoms with Crippen LogP contribution in [0.15, 0.2) is 101 Å². The molecule has 9 heteroatoms. The summed E-state index contributed by atoms with van der Waals surface area (Å²) >= 11 is 1.40. The molecule has 0 radical (unpaired) electrons. The van der Waals surface area contributed by atoms with E-state index in [1.807, 2.05) is 66.7 Å². The Kier molecular flexibility index (Phi) is 7.32. The van der Waals surface area contributed by atoms with Gasteiger partial charge in [-0.25, -0.2) is 4.79 Å². The van der Waals surface area contributed by atoms with Crippen molar-refractivity contribution in [3.8, 4) is 0 Å². The molecule has 0 saturated carbocycles. The fourth-order valence-corrected chi connectivity index (χ4v) is 5.28. The van der Waals surface area contributed by atoms with Crippen molar-refractivity contribution in [2.45, 2.75) is 41.0 Å². The molecule has 0 amide bonds. The predicted octanol–water partition coefficient (Wildman–Crippen LogP) is 5.52. The minimum Gasteiger partial charge on any atom is -0.455 e. The van der Waals surface area contributed by atoms with Gasteiger partial charge in [0.1, 0.15) is 29.8 Å². The van der Waals surface area contributed by atoms with Crippen molar-refractivity contribution in [1.82, 2.24) is 0 Å². The maximum Gasteiger partial charge on any atom is 0.338 e. The molecule has 3 aromatic carbocycles. The van der Waals surface area contributed by atoms with Gasteiger partial charge in [0.25, 0.3) is 0 Å². The highest BCUT2D eigenvalue weighted by Gasteiger charge is 2.52. The van der Waals surface area contributed by atoms with Crippen LogP contribution in [0, 0.1) is 0 Å². The smallest absolute Gasteiger partial charge is 0.338 e. The van der Waals surface area contributed by atoms with Crippen molar-refractivity contribution in [1.29, 1.82) is 0 Å². The van der Waals surface area contributed by atoms with E-state index in [-0.39, 0.29) is 6.61 Å². The van der Waals surface area contributed by atoms with Crippen LogP contribution in [0.3, 0.4) is 0 Å². The number of rotatable bonds is 6. The maximum atomic E-state index is 13.1. The molecule has 2 aliphatic heterocycles. The van der Waals surface area contributed by atoms with E-state index < -0.39 is 42.0 Å². The third kappa shape index (κ3) is 5.35. The van der Waals surface area contributed by atoms with Crippen LogP contribution in [-0.4, -0.2) is 42.4 Å².